The molecule has 0 aromatic carbocycles. The first-order valence-electron chi connectivity index (χ1n) is 4.69. The Kier molecular flexibility index (Phi) is 3.35. The maximum absolute atomic E-state index is 5.23. The highest BCUT2D eigenvalue weighted by molar-refractivity contribution is 7.98. The van der Waals surface area contributed by atoms with Gasteiger partial charge in [0.1, 0.15) is 5.82 Å². The molecule has 2 rings (SSSR count). The average molecular weight is 237 g/mol. The van der Waals surface area contributed by atoms with Gasteiger partial charge in [-0.05, 0) is 0 Å². The molecular weight excluding hydrogens is 226 g/mol. The largest absolute Gasteiger partial charge is 0.416 e. The Morgan fingerprint density at radius 2 is 2.19 bits per heavy atom. The molecule has 84 valence electrons. The van der Waals surface area contributed by atoms with Gasteiger partial charge in [0.25, 0.3) is 5.22 Å². The van der Waals surface area contributed by atoms with Crippen molar-refractivity contribution in [1.82, 2.24) is 20.2 Å². The summed E-state index contributed by atoms with van der Waals surface area (Å²) < 4.78 is 5.23. The van der Waals surface area contributed by atoms with Crippen LogP contribution in [0.25, 0.3) is 0 Å². The minimum atomic E-state index is 0.553. The van der Waals surface area contributed by atoms with E-state index in [1.54, 1.807) is 26.4 Å². The highest BCUT2D eigenvalue weighted by atomic mass is 32.2. The van der Waals surface area contributed by atoms with E-state index in [0.717, 1.165) is 11.5 Å². The SMILES string of the molecule is CNc1cnc(CSc2nnc(C)o2)cn1. The molecule has 0 saturated heterocycles. The number of nitrogens with zero attached hydrogens (tertiary/aromatic N) is 4. The summed E-state index contributed by atoms with van der Waals surface area (Å²) >= 11 is 1.44. The Bertz CT molecular complexity index is 455. The molecule has 0 atom stereocenters. The van der Waals surface area contributed by atoms with Crippen LogP contribution < -0.4 is 5.32 Å². The second-order valence-electron chi connectivity index (χ2n) is 3.02. The molecule has 0 aliphatic carbocycles. The van der Waals surface area contributed by atoms with Gasteiger partial charge < -0.3 is 9.73 Å². The minimum Gasteiger partial charge on any atom is -0.416 e. The van der Waals surface area contributed by atoms with Crippen molar-refractivity contribution in [2.45, 2.75) is 17.9 Å². The van der Waals surface area contributed by atoms with Crippen molar-refractivity contribution in [1.29, 1.82) is 0 Å². The van der Waals surface area contributed by atoms with E-state index in [2.05, 4.69) is 25.5 Å². The summed E-state index contributed by atoms with van der Waals surface area (Å²) in [5.41, 5.74) is 0.875. The Morgan fingerprint density at radius 1 is 1.31 bits per heavy atom. The van der Waals surface area contributed by atoms with Crippen molar-refractivity contribution in [3.8, 4) is 0 Å². The van der Waals surface area contributed by atoms with Crippen LogP contribution in [0.15, 0.2) is 22.0 Å². The summed E-state index contributed by atoms with van der Waals surface area (Å²) in [6.45, 7) is 1.76. The Balaban J connectivity index is 1.94. The molecule has 0 aliphatic heterocycles. The normalized spacial score (nSPS) is 10.4. The van der Waals surface area contributed by atoms with Crippen LogP contribution in [-0.4, -0.2) is 27.2 Å². The molecule has 2 aromatic rings. The van der Waals surface area contributed by atoms with Gasteiger partial charge in [0.2, 0.25) is 5.89 Å². The summed E-state index contributed by atoms with van der Waals surface area (Å²) in [6.07, 6.45) is 3.41. The first-order valence-corrected chi connectivity index (χ1v) is 5.68. The third-order valence-corrected chi connectivity index (χ3v) is 2.66. The molecule has 0 spiro atoms. The summed E-state index contributed by atoms with van der Waals surface area (Å²) in [4.78, 5) is 8.40. The van der Waals surface area contributed by atoms with E-state index in [9.17, 15) is 0 Å². The molecule has 2 heterocycles. The molecule has 0 aliphatic rings. The average Bonchev–Trinajstić information content (AvgIpc) is 2.73. The van der Waals surface area contributed by atoms with Gasteiger partial charge in [-0.2, -0.15) is 0 Å². The first-order chi connectivity index (χ1) is 7.78. The van der Waals surface area contributed by atoms with Crippen molar-refractivity contribution in [3.05, 3.63) is 24.0 Å². The molecule has 2 aromatic heterocycles. The van der Waals surface area contributed by atoms with Crippen LogP contribution >= 0.6 is 11.8 Å². The lowest BCUT2D eigenvalue weighted by Gasteiger charge is -1.99. The van der Waals surface area contributed by atoms with Crippen LogP contribution in [0.3, 0.4) is 0 Å². The van der Waals surface area contributed by atoms with Crippen LogP contribution in [0.5, 0.6) is 0 Å². The number of nitrogens with one attached hydrogen (secondary N) is 1. The molecule has 0 fully saturated rings. The van der Waals surface area contributed by atoms with Gasteiger partial charge in [-0.25, -0.2) is 4.98 Å². The van der Waals surface area contributed by atoms with Gasteiger partial charge in [-0.1, -0.05) is 11.8 Å². The van der Waals surface area contributed by atoms with Crippen molar-refractivity contribution in [3.63, 3.8) is 0 Å². The number of anilines is 1. The van der Waals surface area contributed by atoms with Crippen LogP contribution in [-0.2, 0) is 5.75 Å². The number of rotatable bonds is 4. The molecule has 0 radical (unpaired) electrons. The van der Waals surface area contributed by atoms with E-state index >= 15 is 0 Å². The predicted octanol–water partition coefficient (Wildman–Crippen LogP) is 1.50. The van der Waals surface area contributed by atoms with Crippen molar-refractivity contribution < 1.29 is 4.42 Å². The number of aryl methyl sites for hydroxylation is 1. The van der Waals surface area contributed by atoms with Gasteiger partial charge in [0.05, 0.1) is 18.1 Å². The smallest absolute Gasteiger partial charge is 0.276 e. The zero-order valence-corrected chi connectivity index (χ0v) is 9.78. The highest BCUT2D eigenvalue weighted by Gasteiger charge is 2.04. The second kappa shape index (κ2) is 4.93. The first kappa shape index (κ1) is 10.9. The van der Waals surface area contributed by atoms with Crippen LogP contribution in [0.1, 0.15) is 11.6 Å². The minimum absolute atomic E-state index is 0.553. The van der Waals surface area contributed by atoms with E-state index in [1.165, 1.54) is 11.8 Å². The Hall–Kier alpha value is -1.63. The summed E-state index contributed by atoms with van der Waals surface area (Å²) in [7, 11) is 1.81. The van der Waals surface area contributed by atoms with Gasteiger partial charge in [-0.15, -0.1) is 10.2 Å². The van der Waals surface area contributed by atoms with E-state index in [-0.39, 0.29) is 0 Å². The quantitative estimate of drug-likeness (QED) is 0.807. The van der Waals surface area contributed by atoms with Gasteiger partial charge in [0.15, 0.2) is 0 Å². The fraction of sp³-hybridized carbons (Fsp3) is 0.333. The molecule has 0 amide bonds. The summed E-state index contributed by atoms with van der Waals surface area (Å²) in [5, 5.41) is 11.1. The molecular formula is C9H11N5OS. The molecule has 7 heteroatoms. The molecule has 6 nitrogen and oxygen atoms in total. The Morgan fingerprint density at radius 3 is 2.75 bits per heavy atom. The summed E-state index contributed by atoms with van der Waals surface area (Å²) in [6, 6.07) is 0. The number of hydrogen-bond acceptors (Lipinski definition) is 7. The molecule has 0 unspecified atom stereocenters. The standard InChI is InChI=1S/C9H11N5OS/c1-6-13-14-9(15-6)16-5-7-3-12-8(10-2)4-11-7/h3-4H,5H2,1-2H3,(H,10,12). The van der Waals surface area contributed by atoms with Gasteiger partial charge >= 0.3 is 0 Å². The van der Waals surface area contributed by atoms with Crippen molar-refractivity contribution in [2.24, 2.45) is 0 Å². The van der Waals surface area contributed by atoms with Crippen LogP contribution in [0.2, 0.25) is 0 Å². The van der Waals surface area contributed by atoms with E-state index in [0.29, 0.717) is 16.9 Å². The molecule has 16 heavy (non-hydrogen) atoms. The second-order valence-corrected chi connectivity index (χ2v) is 3.95. The zero-order valence-electron chi connectivity index (χ0n) is 8.97. The third kappa shape index (κ3) is 2.69. The molecule has 1 N–H and O–H groups in total. The van der Waals surface area contributed by atoms with E-state index in [1.807, 2.05) is 0 Å². The lowest BCUT2D eigenvalue weighted by Crippen LogP contribution is -1.95. The number of aromatic nitrogens is 4. The lowest BCUT2D eigenvalue weighted by molar-refractivity contribution is 0.429. The van der Waals surface area contributed by atoms with Crippen molar-refractivity contribution >= 4 is 17.6 Å². The maximum atomic E-state index is 5.23. The molecule has 0 bridgehead atoms. The maximum Gasteiger partial charge on any atom is 0.276 e. The topological polar surface area (TPSA) is 76.7 Å². The number of thioether (sulfide) groups is 1. The van der Waals surface area contributed by atoms with E-state index in [4.69, 9.17) is 4.42 Å². The van der Waals surface area contributed by atoms with Crippen LogP contribution in [0, 0.1) is 6.92 Å². The van der Waals surface area contributed by atoms with Gasteiger partial charge in [0, 0.05) is 19.7 Å². The number of hydrogen-bond donors (Lipinski definition) is 1. The fourth-order valence-electron chi connectivity index (χ4n) is 1.03. The summed E-state index contributed by atoms with van der Waals surface area (Å²) in [5.74, 6) is 1.99. The predicted molar refractivity (Wildman–Crippen MR) is 60.2 cm³/mol. The van der Waals surface area contributed by atoms with Gasteiger partial charge in [-0.3, -0.25) is 4.98 Å². The van der Waals surface area contributed by atoms with Crippen LogP contribution in [0.4, 0.5) is 5.82 Å². The lowest BCUT2D eigenvalue weighted by atomic mass is 10.5. The van der Waals surface area contributed by atoms with Crippen molar-refractivity contribution in [2.75, 3.05) is 12.4 Å². The monoisotopic (exact) mass is 237 g/mol. The molecule has 0 saturated carbocycles. The van der Waals surface area contributed by atoms with E-state index < -0.39 is 0 Å². The highest BCUT2D eigenvalue weighted by Crippen LogP contribution is 2.19. The fourth-order valence-corrected chi connectivity index (χ4v) is 1.73. The Labute approximate surface area is 96.9 Å². The third-order valence-electron chi connectivity index (χ3n) is 1.81. The zero-order chi connectivity index (χ0) is 11.4.